The lowest BCUT2D eigenvalue weighted by Gasteiger charge is -2.32. The van der Waals surface area contributed by atoms with Crippen LogP contribution < -0.4 is 0 Å². The Balaban J connectivity index is 2.14. The molecule has 0 amide bonds. The minimum absolute atomic E-state index is 0.247. The van der Waals surface area contributed by atoms with Gasteiger partial charge in [-0.2, -0.15) is 0 Å². The molecule has 1 heteroatoms. The molecule has 3 rings (SSSR count). The molecule has 1 nitrogen and oxygen atoms in total. The minimum atomic E-state index is -0.746. The van der Waals surface area contributed by atoms with Crippen LogP contribution in [0.5, 0.6) is 0 Å². The molecule has 1 N–H and O–H groups in total. The summed E-state index contributed by atoms with van der Waals surface area (Å²) in [5.74, 6) is 2.51. The molecule has 0 saturated carbocycles. The summed E-state index contributed by atoms with van der Waals surface area (Å²) in [6, 6.07) is 17.0. The Kier molecular flexibility index (Phi) is 4.88. The Hall–Kier alpha value is -2.30. The molecule has 1 unspecified atom stereocenters. The molecule has 0 saturated heterocycles. The van der Waals surface area contributed by atoms with Gasteiger partial charge in [0.1, 0.15) is 6.10 Å². The van der Waals surface area contributed by atoms with Crippen molar-refractivity contribution >= 4 is 0 Å². The average Bonchev–Trinajstić information content (AvgIpc) is 2.90. The number of allylic oxidation sites excluding steroid dienone is 2. The summed E-state index contributed by atoms with van der Waals surface area (Å²) in [6.07, 6.45) is 12.9. The Morgan fingerprint density at radius 3 is 2.17 bits per heavy atom. The van der Waals surface area contributed by atoms with Crippen LogP contribution in [0.3, 0.4) is 0 Å². The lowest BCUT2D eigenvalue weighted by molar-refractivity contribution is 0.193. The van der Waals surface area contributed by atoms with Gasteiger partial charge >= 0.3 is 0 Å². The maximum absolute atomic E-state index is 10.3. The largest absolute Gasteiger partial charge is 0.380 e. The molecule has 2 aromatic carbocycles. The van der Waals surface area contributed by atoms with Crippen LogP contribution in [0.1, 0.15) is 43.7 Å². The van der Waals surface area contributed by atoms with Gasteiger partial charge in [0, 0.05) is 5.41 Å². The van der Waals surface area contributed by atoms with Crippen LogP contribution in [-0.2, 0) is 5.41 Å². The molecule has 24 heavy (non-hydrogen) atoms. The number of fused-ring (bicyclic) bond motifs is 3. The van der Waals surface area contributed by atoms with E-state index in [1.165, 1.54) is 22.3 Å². The first-order chi connectivity index (χ1) is 11.7. The summed E-state index contributed by atoms with van der Waals surface area (Å²) in [6.45, 7) is 2.18. The van der Waals surface area contributed by atoms with Crippen LogP contribution in [0.4, 0.5) is 0 Å². The van der Waals surface area contributed by atoms with Crippen LogP contribution in [0.25, 0.3) is 11.1 Å². The van der Waals surface area contributed by atoms with Crippen molar-refractivity contribution in [2.24, 2.45) is 0 Å². The van der Waals surface area contributed by atoms with Gasteiger partial charge in [-0.05, 0) is 41.5 Å². The van der Waals surface area contributed by atoms with Gasteiger partial charge in [0.15, 0.2) is 0 Å². The predicted molar refractivity (Wildman–Crippen MR) is 101 cm³/mol. The molecule has 1 aliphatic rings. The quantitative estimate of drug-likeness (QED) is 0.582. The van der Waals surface area contributed by atoms with E-state index in [2.05, 4.69) is 73.5 Å². The van der Waals surface area contributed by atoms with Gasteiger partial charge in [-0.15, -0.1) is 6.42 Å². The molecule has 122 valence electrons. The zero-order valence-electron chi connectivity index (χ0n) is 14.2. The van der Waals surface area contributed by atoms with Gasteiger partial charge in [-0.25, -0.2) is 0 Å². The van der Waals surface area contributed by atoms with Gasteiger partial charge in [-0.1, -0.05) is 79.9 Å². The van der Waals surface area contributed by atoms with E-state index in [1.807, 2.05) is 0 Å². The number of terminal acetylenes is 1. The standard InChI is InChI=1S/C23H24O/c1-3-5-6-11-16-23(17-18(24)4-2)21-14-9-7-12-19(21)20-13-8-10-15-22(20)23/h2,6-15,18,24H,3,5,16-17H2,1H3/b11-6-. The first-order valence-electron chi connectivity index (χ1n) is 8.71. The third-order valence-corrected chi connectivity index (χ3v) is 5.00. The van der Waals surface area contributed by atoms with Crippen molar-refractivity contribution in [1.29, 1.82) is 0 Å². The number of rotatable bonds is 6. The molecule has 0 heterocycles. The number of unbranched alkanes of at least 4 members (excludes halogenated alkanes) is 1. The summed E-state index contributed by atoms with van der Waals surface area (Å²) < 4.78 is 0. The maximum atomic E-state index is 10.3. The molecule has 0 radical (unpaired) electrons. The van der Waals surface area contributed by atoms with E-state index in [4.69, 9.17) is 6.42 Å². The summed E-state index contributed by atoms with van der Waals surface area (Å²) >= 11 is 0. The van der Waals surface area contributed by atoms with E-state index >= 15 is 0 Å². The number of hydrogen-bond donors (Lipinski definition) is 1. The lowest BCUT2D eigenvalue weighted by Crippen LogP contribution is -2.29. The van der Waals surface area contributed by atoms with Gasteiger partial charge in [0.25, 0.3) is 0 Å². The number of benzene rings is 2. The van der Waals surface area contributed by atoms with Gasteiger partial charge in [-0.3, -0.25) is 0 Å². The summed E-state index contributed by atoms with van der Waals surface area (Å²) in [5.41, 5.74) is 4.84. The zero-order chi connectivity index (χ0) is 17.0. The van der Waals surface area contributed by atoms with E-state index in [1.54, 1.807) is 0 Å². The van der Waals surface area contributed by atoms with E-state index in [0.717, 1.165) is 19.3 Å². The highest BCUT2D eigenvalue weighted by Crippen LogP contribution is 2.53. The topological polar surface area (TPSA) is 20.2 Å². The Labute approximate surface area is 145 Å². The Bertz CT molecular complexity index is 733. The third kappa shape index (κ3) is 2.79. The van der Waals surface area contributed by atoms with Gasteiger partial charge < -0.3 is 5.11 Å². The Morgan fingerprint density at radius 1 is 1.04 bits per heavy atom. The first kappa shape index (κ1) is 16.6. The third-order valence-electron chi connectivity index (χ3n) is 5.00. The van der Waals surface area contributed by atoms with Crippen molar-refractivity contribution in [1.82, 2.24) is 0 Å². The average molecular weight is 316 g/mol. The summed E-state index contributed by atoms with van der Waals surface area (Å²) in [4.78, 5) is 0. The second-order valence-electron chi connectivity index (χ2n) is 6.52. The SMILES string of the molecule is C#CC(O)CC1(C/C=C\CCC)c2ccccc2-c2ccccc21. The smallest absolute Gasteiger partial charge is 0.115 e. The van der Waals surface area contributed by atoms with Crippen molar-refractivity contribution in [3.8, 4) is 23.5 Å². The minimum Gasteiger partial charge on any atom is -0.380 e. The molecule has 0 aliphatic heterocycles. The predicted octanol–water partition coefficient (Wildman–Crippen LogP) is 5.08. The van der Waals surface area contributed by atoms with Crippen molar-refractivity contribution < 1.29 is 5.11 Å². The van der Waals surface area contributed by atoms with Crippen LogP contribution in [0, 0.1) is 12.3 Å². The fourth-order valence-corrected chi connectivity index (χ4v) is 3.90. The molecule has 2 aromatic rings. The fraction of sp³-hybridized carbons (Fsp3) is 0.304. The summed E-state index contributed by atoms with van der Waals surface area (Å²) in [5, 5.41) is 10.3. The molecule has 0 aromatic heterocycles. The van der Waals surface area contributed by atoms with Crippen molar-refractivity contribution in [3.63, 3.8) is 0 Å². The van der Waals surface area contributed by atoms with Crippen molar-refractivity contribution in [2.75, 3.05) is 0 Å². The molecule has 1 atom stereocenters. The molecular weight excluding hydrogens is 292 g/mol. The highest BCUT2D eigenvalue weighted by atomic mass is 16.3. The highest BCUT2D eigenvalue weighted by molar-refractivity contribution is 5.81. The van der Waals surface area contributed by atoms with Crippen LogP contribution in [-0.4, -0.2) is 11.2 Å². The molecular formula is C23H24O. The van der Waals surface area contributed by atoms with E-state index in [0.29, 0.717) is 6.42 Å². The normalized spacial score (nSPS) is 15.7. The van der Waals surface area contributed by atoms with Crippen molar-refractivity contribution in [3.05, 3.63) is 71.8 Å². The number of aliphatic hydroxyl groups is 1. The van der Waals surface area contributed by atoms with Crippen LogP contribution in [0.15, 0.2) is 60.7 Å². The van der Waals surface area contributed by atoms with Gasteiger partial charge in [0.05, 0.1) is 0 Å². The number of hydrogen-bond acceptors (Lipinski definition) is 1. The second-order valence-corrected chi connectivity index (χ2v) is 6.52. The summed E-state index contributed by atoms with van der Waals surface area (Å²) in [7, 11) is 0. The van der Waals surface area contributed by atoms with E-state index < -0.39 is 6.10 Å². The fourth-order valence-electron chi connectivity index (χ4n) is 3.90. The van der Waals surface area contributed by atoms with Crippen LogP contribution in [0.2, 0.25) is 0 Å². The van der Waals surface area contributed by atoms with E-state index in [9.17, 15) is 5.11 Å². The second kappa shape index (κ2) is 7.07. The first-order valence-corrected chi connectivity index (χ1v) is 8.71. The number of aliphatic hydroxyl groups excluding tert-OH is 1. The van der Waals surface area contributed by atoms with E-state index in [-0.39, 0.29) is 5.41 Å². The van der Waals surface area contributed by atoms with Crippen LogP contribution >= 0.6 is 0 Å². The maximum Gasteiger partial charge on any atom is 0.115 e. The molecule has 0 fully saturated rings. The molecule has 0 bridgehead atoms. The highest BCUT2D eigenvalue weighted by Gasteiger charge is 2.42. The zero-order valence-corrected chi connectivity index (χ0v) is 14.2. The van der Waals surface area contributed by atoms with Gasteiger partial charge in [0.2, 0.25) is 0 Å². The molecule has 1 aliphatic carbocycles. The lowest BCUT2D eigenvalue weighted by atomic mass is 9.71. The Morgan fingerprint density at radius 2 is 1.62 bits per heavy atom. The molecule has 0 spiro atoms. The van der Waals surface area contributed by atoms with Crippen molar-refractivity contribution in [2.45, 2.75) is 44.1 Å². The monoisotopic (exact) mass is 316 g/mol.